The molecule has 0 radical (unpaired) electrons. The van der Waals surface area contributed by atoms with E-state index in [1.54, 1.807) is 0 Å². The Morgan fingerprint density at radius 1 is 0.542 bits per heavy atom. The van der Waals surface area contributed by atoms with Crippen LogP contribution >= 0.6 is 8.75 Å². The van der Waals surface area contributed by atoms with E-state index < -0.39 is 8.75 Å². The van der Waals surface area contributed by atoms with Crippen molar-refractivity contribution in [2.45, 2.75) is 9.79 Å². The van der Waals surface area contributed by atoms with Gasteiger partial charge in [-0.3, -0.25) is 0 Å². The first-order valence-corrected chi connectivity index (χ1v) is 11.2. The molecular formula is C23H22S. The number of benzene rings is 4. The molecule has 1 heteroatoms. The number of rotatable bonds is 2. The highest BCUT2D eigenvalue weighted by Crippen LogP contribution is 2.67. The first-order chi connectivity index (χ1) is 11.5. The summed E-state index contributed by atoms with van der Waals surface area (Å²) in [5.41, 5.74) is 0. The Bertz CT molecular complexity index is 1030. The minimum absolute atomic E-state index is 1.28. The lowest BCUT2D eigenvalue weighted by Gasteiger charge is -2.43. The van der Waals surface area contributed by atoms with Crippen LogP contribution in [0.5, 0.6) is 0 Å². The third-order valence-electron chi connectivity index (χ3n) is 4.91. The Morgan fingerprint density at radius 3 is 1.38 bits per heavy atom. The van der Waals surface area contributed by atoms with Gasteiger partial charge in [-0.15, -0.1) is 0 Å². The average molecular weight is 330 g/mol. The summed E-state index contributed by atoms with van der Waals surface area (Å²) in [6.07, 6.45) is 4.70. The van der Waals surface area contributed by atoms with Gasteiger partial charge in [0.25, 0.3) is 0 Å². The van der Waals surface area contributed by atoms with Crippen molar-refractivity contribution in [2.75, 3.05) is 12.5 Å². The minimum Gasteiger partial charge on any atom is -0.208 e. The van der Waals surface area contributed by atoms with Crippen LogP contribution in [0.4, 0.5) is 0 Å². The summed E-state index contributed by atoms with van der Waals surface area (Å²) in [5, 5.41) is 5.20. The maximum absolute atomic E-state index is 4.85. The molecule has 0 bridgehead atoms. The molecule has 0 aromatic heterocycles. The van der Waals surface area contributed by atoms with Crippen molar-refractivity contribution >= 4 is 36.2 Å². The van der Waals surface area contributed by atoms with E-state index in [1.807, 2.05) is 0 Å². The van der Waals surface area contributed by atoms with Gasteiger partial charge in [0.05, 0.1) is 0 Å². The molecule has 120 valence electrons. The molecule has 0 aliphatic carbocycles. The van der Waals surface area contributed by atoms with Gasteiger partial charge in [-0.05, 0) is 56.0 Å². The molecule has 0 N–H and O–H groups in total. The SMILES string of the molecule is C=S(C)(C)(c1cccc2ccccc12)c1cccc2ccccc12. The maximum Gasteiger partial charge on any atom is -0.00256 e. The van der Waals surface area contributed by atoms with Crippen LogP contribution in [0, 0.1) is 0 Å². The van der Waals surface area contributed by atoms with Crippen molar-refractivity contribution < 1.29 is 0 Å². The molecule has 0 aliphatic rings. The molecule has 4 aromatic carbocycles. The predicted octanol–water partition coefficient (Wildman–Crippen LogP) is 6.44. The molecule has 0 aliphatic heterocycles. The second-order valence-electron chi connectivity index (χ2n) is 7.15. The van der Waals surface area contributed by atoms with Crippen molar-refractivity contribution in [3.63, 3.8) is 0 Å². The van der Waals surface area contributed by atoms with Crippen molar-refractivity contribution in [3.8, 4) is 0 Å². The third kappa shape index (κ3) is 2.20. The summed E-state index contributed by atoms with van der Waals surface area (Å²) in [7, 11) is -2.23. The van der Waals surface area contributed by atoms with Gasteiger partial charge >= 0.3 is 0 Å². The van der Waals surface area contributed by atoms with E-state index in [9.17, 15) is 0 Å². The van der Waals surface area contributed by atoms with Gasteiger partial charge in [-0.25, -0.2) is 8.75 Å². The Balaban J connectivity index is 2.12. The highest BCUT2D eigenvalue weighted by Gasteiger charge is 2.27. The second kappa shape index (κ2) is 5.06. The lowest BCUT2D eigenvalue weighted by Crippen LogP contribution is -2.07. The average Bonchev–Trinajstić information content (AvgIpc) is 2.60. The molecule has 0 amide bonds. The van der Waals surface area contributed by atoms with Crippen LogP contribution < -0.4 is 0 Å². The van der Waals surface area contributed by atoms with Crippen LogP contribution in [0.2, 0.25) is 0 Å². The zero-order chi connectivity index (χ0) is 16.8. The quantitative estimate of drug-likeness (QED) is 0.371. The fraction of sp³-hybridized carbons (Fsp3) is 0.0870. The Kier molecular flexibility index (Phi) is 3.20. The molecule has 0 saturated carbocycles. The first kappa shape index (κ1) is 15.2. The Morgan fingerprint density at radius 2 is 0.917 bits per heavy atom. The molecule has 0 atom stereocenters. The summed E-state index contributed by atoms with van der Waals surface area (Å²) in [6.45, 7) is 0. The van der Waals surface area contributed by atoms with E-state index in [1.165, 1.54) is 31.3 Å². The smallest absolute Gasteiger partial charge is 0.00256 e. The van der Waals surface area contributed by atoms with Crippen LogP contribution in [0.25, 0.3) is 21.5 Å². The number of fused-ring (bicyclic) bond motifs is 2. The molecule has 0 heterocycles. The molecule has 0 fully saturated rings. The zero-order valence-corrected chi connectivity index (χ0v) is 15.0. The minimum atomic E-state index is -2.23. The van der Waals surface area contributed by atoms with Crippen molar-refractivity contribution in [3.05, 3.63) is 84.9 Å². The highest BCUT2D eigenvalue weighted by molar-refractivity contribution is 8.45. The van der Waals surface area contributed by atoms with E-state index >= 15 is 0 Å². The van der Waals surface area contributed by atoms with Crippen LogP contribution in [-0.4, -0.2) is 18.4 Å². The van der Waals surface area contributed by atoms with Gasteiger partial charge in [0.1, 0.15) is 0 Å². The molecule has 4 rings (SSSR count). The summed E-state index contributed by atoms with van der Waals surface area (Å²) in [4.78, 5) is 2.72. The summed E-state index contributed by atoms with van der Waals surface area (Å²) in [5.74, 6) is 4.85. The molecule has 0 unspecified atom stereocenters. The first-order valence-electron chi connectivity index (χ1n) is 8.16. The predicted molar refractivity (Wildman–Crippen MR) is 111 cm³/mol. The van der Waals surface area contributed by atoms with E-state index in [2.05, 4.69) is 97.4 Å². The van der Waals surface area contributed by atoms with Gasteiger partial charge in [-0.1, -0.05) is 78.7 Å². The maximum atomic E-state index is 4.85. The highest BCUT2D eigenvalue weighted by atomic mass is 32.3. The molecule has 0 saturated heterocycles. The molecular weight excluding hydrogens is 308 g/mol. The van der Waals surface area contributed by atoms with Crippen molar-refractivity contribution in [1.82, 2.24) is 0 Å². The van der Waals surface area contributed by atoms with E-state index in [0.717, 1.165) is 0 Å². The standard InChI is InChI=1S/C23H22S/c1-24(2,3,22-16-8-12-18-10-4-6-14-20(18)22)23-17-9-13-19-11-5-7-15-21(19)23/h4-17H,1H2,2-3H3. The Labute approximate surface area is 143 Å². The third-order valence-corrected chi connectivity index (χ3v) is 8.44. The summed E-state index contributed by atoms with van der Waals surface area (Å²) >= 11 is 0. The Hall–Kier alpha value is -2.38. The lowest BCUT2D eigenvalue weighted by atomic mass is 10.1. The van der Waals surface area contributed by atoms with Crippen LogP contribution in [0.1, 0.15) is 0 Å². The van der Waals surface area contributed by atoms with Gasteiger partial charge in [0, 0.05) is 0 Å². The second-order valence-corrected chi connectivity index (χ2v) is 12.4. The zero-order valence-electron chi connectivity index (χ0n) is 14.2. The van der Waals surface area contributed by atoms with Gasteiger partial charge in [-0.2, -0.15) is 0 Å². The molecule has 24 heavy (non-hydrogen) atoms. The molecule has 0 nitrogen and oxygen atoms in total. The summed E-state index contributed by atoms with van der Waals surface area (Å²) < 4.78 is 0. The van der Waals surface area contributed by atoms with E-state index in [0.29, 0.717) is 0 Å². The lowest BCUT2D eigenvalue weighted by molar-refractivity contribution is 1.43. The topological polar surface area (TPSA) is 0 Å². The van der Waals surface area contributed by atoms with Crippen LogP contribution in [0.15, 0.2) is 94.7 Å². The van der Waals surface area contributed by atoms with Crippen molar-refractivity contribution in [1.29, 1.82) is 0 Å². The fourth-order valence-corrected chi connectivity index (χ4v) is 6.70. The molecule has 0 spiro atoms. The van der Waals surface area contributed by atoms with Gasteiger partial charge in [0.2, 0.25) is 0 Å². The van der Waals surface area contributed by atoms with E-state index in [-0.39, 0.29) is 0 Å². The van der Waals surface area contributed by atoms with Crippen LogP contribution in [0.3, 0.4) is 0 Å². The normalized spacial score (nSPS) is 13.7. The van der Waals surface area contributed by atoms with Gasteiger partial charge in [0.15, 0.2) is 0 Å². The van der Waals surface area contributed by atoms with Gasteiger partial charge < -0.3 is 0 Å². The molecule has 4 aromatic rings. The monoisotopic (exact) mass is 330 g/mol. The van der Waals surface area contributed by atoms with E-state index in [4.69, 9.17) is 5.87 Å². The van der Waals surface area contributed by atoms with Crippen LogP contribution in [-0.2, 0) is 0 Å². The largest absolute Gasteiger partial charge is 0.208 e. The fourth-order valence-electron chi connectivity index (χ4n) is 3.65. The number of hydrogen-bond donors (Lipinski definition) is 0. The van der Waals surface area contributed by atoms with Crippen molar-refractivity contribution in [2.24, 2.45) is 0 Å². The number of hydrogen-bond acceptors (Lipinski definition) is 0. The summed E-state index contributed by atoms with van der Waals surface area (Å²) in [6, 6.07) is 30.5.